The van der Waals surface area contributed by atoms with Crippen LogP contribution in [0.25, 0.3) is 0 Å². The van der Waals surface area contributed by atoms with Gasteiger partial charge in [-0.05, 0) is 36.2 Å². The van der Waals surface area contributed by atoms with E-state index >= 15 is 0 Å². The first kappa shape index (κ1) is 16.5. The molecule has 0 bridgehead atoms. The molecule has 0 heterocycles. The maximum Gasteiger partial charge on any atom is 0.322 e. The van der Waals surface area contributed by atoms with Gasteiger partial charge in [0.05, 0.1) is 4.90 Å². The monoisotopic (exact) mass is 339 g/mol. The van der Waals surface area contributed by atoms with E-state index in [1.165, 1.54) is 12.1 Å². The minimum atomic E-state index is -3.89. The number of carboxylic acids is 1. The van der Waals surface area contributed by atoms with Crippen LogP contribution in [0.4, 0.5) is 0 Å². The first-order valence-corrected chi connectivity index (χ1v) is 8.29. The van der Waals surface area contributed by atoms with E-state index in [9.17, 15) is 18.3 Å². The number of rotatable bonds is 6. The first-order valence-electron chi connectivity index (χ1n) is 6.43. The summed E-state index contributed by atoms with van der Waals surface area (Å²) in [5.74, 6) is -1.24. The molecule has 1 atom stereocenters. The molecule has 0 aromatic heterocycles. The lowest BCUT2D eigenvalue weighted by Gasteiger charge is -2.15. The van der Waals surface area contributed by atoms with Gasteiger partial charge in [0.25, 0.3) is 0 Å². The van der Waals surface area contributed by atoms with Gasteiger partial charge in [0.1, 0.15) is 6.04 Å². The molecule has 2 aromatic carbocycles. The van der Waals surface area contributed by atoms with Crippen LogP contribution in [0.15, 0.2) is 59.5 Å². The number of hydrogen-bond acceptors (Lipinski definition) is 3. The molecule has 0 amide bonds. The van der Waals surface area contributed by atoms with Crippen LogP contribution >= 0.6 is 11.6 Å². The van der Waals surface area contributed by atoms with Crippen molar-refractivity contribution in [2.24, 2.45) is 0 Å². The highest BCUT2D eigenvalue weighted by Crippen LogP contribution is 2.13. The molecule has 0 aliphatic carbocycles. The van der Waals surface area contributed by atoms with Crippen LogP contribution in [0.3, 0.4) is 0 Å². The Labute approximate surface area is 133 Å². The predicted octanol–water partition coefficient (Wildman–Crippen LogP) is 2.31. The Hall–Kier alpha value is -1.89. The summed E-state index contributed by atoms with van der Waals surface area (Å²) in [5.41, 5.74) is 0.674. The molecular formula is C15H14ClNO4S. The second-order valence-electron chi connectivity index (χ2n) is 4.66. The molecule has 0 saturated carbocycles. The quantitative estimate of drug-likeness (QED) is 0.846. The number of carboxylic acid groups (broad SMARTS) is 1. The van der Waals surface area contributed by atoms with Gasteiger partial charge in [-0.2, -0.15) is 4.72 Å². The number of aliphatic carboxylic acids is 1. The molecule has 5 nitrogen and oxygen atoms in total. The summed E-state index contributed by atoms with van der Waals surface area (Å²) < 4.78 is 26.6. The standard InChI is InChI=1S/C15H14ClNO4S/c16-12-8-6-11(7-9-12)10-14(15(18)19)17-22(20,21)13-4-2-1-3-5-13/h1-9,14,17H,10H2,(H,18,19)/t14-/m1/s1. The zero-order chi connectivity index (χ0) is 16.2. The third-order valence-corrected chi connectivity index (χ3v) is 4.74. The van der Waals surface area contributed by atoms with Gasteiger partial charge in [0.2, 0.25) is 10.0 Å². The average Bonchev–Trinajstić information content (AvgIpc) is 2.49. The number of hydrogen-bond donors (Lipinski definition) is 2. The van der Waals surface area contributed by atoms with Crippen LogP contribution in [-0.4, -0.2) is 25.5 Å². The molecule has 0 unspecified atom stereocenters. The van der Waals surface area contributed by atoms with Gasteiger partial charge in [-0.25, -0.2) is 8.42 Å². The van der Waals surface area contributed by atoms with Gasteiger partial charge < -0.3 is 5.11 Å². The molecule has 116 valence electrons. The summed E-state index contributed by atoms with van der Waals surface area (Å²) in [6.07, 6.45) is 0.0264. The second kappa shape index (κ2) is 6.91. The first-order chi connectivity index (χ1) is 10.4. The molecule has 7 heteroatoms. The van der Waals surface area contributed by atoms with E-state index in [4.69, 9.17) is 11.6 Å². The number of benzene rings is 2. The molecule has 0 radical (unpaired) electrons. The van der Waals surface area contributed by atoms with Crippen molar-refractivity contribution >= 4 is 27.6 Å². The van der Waals surface area contributed by atoms with Crippen LogP contribution in [0.5, 0.6) is 0 Å². The molecule has 0 spiro atoms. The Bertz CT molecular complexity index is 745. The topological polar surface area (TPSA) is 83.5 Å². The Morgan fingerprint density at radius 1 is 1.09 bits per heavy atom. The Kier molecular flexibility index (Phi) is 5.18. The van der Waals surface area contributed by atoms with Crippen molar-refractivity contribution in [1.82, 2.24) is 4.72 Å². The summed E-state index contributed by atoms with van der Waals surface area (Å²) >= 11 is 5.77. The van der Waals surface area contributed by atoms with Crippen molar-refractivity contribution in [3.05, 3.63) is 65.2 Å². The number of sulfonamides is 1. The largest absolute Gasteiger partial charge is 0.480 e. The van der Waals surface area contributed by atoms with Gasteiger partial charge >= 0.3 is 5.97 Å². The van der Waals surface area contributed by atoms with E-state index in [0.717, 1.165) is 0 Å². The second-order valence-corrected chi connectivity index (χ2v) is 6.81. The molecule has 0 fully saturated rings. The summed E-state index contributed by atoms with van der Waals surface area (Å²) in [7, 11) is -3.89. The van der Waals surface area contributed by atoms with Crippen LogP contribution in [0.1, 0.15) is 5.56 Å². The molecule has 2 rings (SSSR count). The van der Waals surface area contributed by atoms with E-state index in [-0.39, 0.29) is 11.3 Å². The number of halogens is 1. The lowest BCUT2D eigenvalue weighted by Crippen LogP contribution is -2.42. The van der Waals surface area contributed by atoms with Gasteiger partial charge in [-0.3, -0.25) is 4.79 Å². The Morgan fingerprint density at radius 2 is 1.68 bits per heavy atom. The predicted molar refractivity (Wildman–Crippen MR) is 83.3 cm³/mol. The molecular weight excluding hydrogens is 326 g/mol. The third kappa shape index (κ3) is 4.30. The van der Waals surface area contributed by atoms with Crippen LogP contribution < -0.4 is 4.72 Å². The summed E-state index contributed by atoms with van der Waals surface area (Å²) in [5, 5.41) is 9.77. The van der Waals surface area contributed by atoms with Crippen molar-refractivity contribution in [3.63, 3.8) is 0 Å². The van der Waals surface area contributed by atoms with Gasteiger partial charge in [0.15, 0.2) is 0 Å². The molecule has 0 aliphatic heterocycles. The Balaban J connectivity index is 2.19. The van der Waals surface area contributed by atoms with Crippen molar-refractivity contribution in [1.29, 1.82) is 0 Å². The highest BCUT2D eigenvalue weighted by Gasteiger charge is 2.25. The van der Waals surface area contributed by atoms with E-state index in [1.54, 1.807) is 42.5 Å². The third-order valence-electron chi connectivity index (χ3n) is 3.00. The minimum absolute atomic E-state index is 0.0253. The fourth-order valence-electron chi connectivity index (χ4n) is 1.89. The Morgan fingerprint density at radius 3 is 2.23 bits per heavy atom. The van der Waals surface area contributed by atoms with Crippen LogP contribution in [-0.2, 0) is 21.2 Å². The maximum absolute atomic E-state index is 12.2. The average molecular weight is 340 g/mol. The van der Waals surface area contributed by atoms with E-state index in [0.29, 0.717) is 10.6 Å². The normalized spacial score (nSPS) is 12.8. The molecule has 22 heavy (non-hydrogen) atoms. The zero-order valence-corrected chi connectivity index (χ0v) is 13.0. The number of nitrogens with one attached hydrogen (secondary N) is 1. The summed E-state index contributed by atoms with van der Waals surface area (Å²) in [4.78, 5) is 11.4. The van der Waals surface area contributed by atoms with E-state index in [1.807, 2.05) is 0 Å². The molecule has 2 aromatic rings. The number of carbonyl (C=O) groups is 1. The lowest BCUT2D eigenvalue weighted by molar-refractivity contribution is -0.138. The van der Waals surface area contributed by atoms with Crippen molar-refractivity contribution in [3.8, 4) is 0 Å². The van der Waals surface area contributed by atoms with E-state index in [2.05, 4.69) is 4.72 Å². The maximum atomic E-state index is 12.2. The molecule has 0 aliphatic rings. The van der Waals surface area contributed by atoms with Crippen molar-refractivity contribution in [2.75, 3.05) is 0 Å². The molecule has 0 saturated heterocycles. The van der Waals surface area contributed by atoms with Gasteiger partial charge in [0, 0.05) is 5.02 Å². The zero-order valence-electron chi connectivity index (χ0n) is 11.4. The van der Waals surface area contributed by atoms with Gasteiger partial charge in [-0.15, -0.1) is 0 Å². The minimum Gasteiger partial charge on any atom is -0.480 e. The molecule has 2 N–H and O–H groups in total. The summed E-state index contributed by atoms with van der Waals surface area (Å²) in [6.45, 7) is 0. The van der Waals surface area contributed by atoms with Crippen LogP contribution in [0, 0.1) is 0 Å². The van der Waals surface area contributed by atoms with Crippen LogP contribution in [0.2, 0.25) is 5.02 Å². The lowest BCUT2D eigenvalue weighted by atomic mass is 10.1. The highest BCUT2D eigenvalue weighted by atomic mass is 35.5. The SMILES string of the molecule is O=C(O)[C@@H](Cc1ccc(Cl)cc1)NS(=O)(=O)c1ccccc1. The van der Waals surface area contributed by atoms with Crippen molar-refractivity contribution in [2.45, 2.75) is 17.4 Å². The fourth-order valence-corrected chi connectivity index (χ4v) is 3.23. The highest BCUT2D eigenvalue weighted by molar-refractivity contribution is 7.89. The van der Waals surface area contributed by atoms with Gasteiger partial charge in [-0.1, -0.05) is 41.9 Å². The van der Waals surface area contributed by atoms with Crippen molar-refractivity contribution < 1.29 is 18.3 Å². The fraction of sp³-hybridized carbons (Fsp3) is 0.133. The smallest absolute Gasteiger partial charge is 0.322 e. The van der Waals surface area contributed by atoms with E-state index < -0.39 is 22.0 Å². The summed E-state index contributed by atoms with van der Waals surface area (Å²) in [6, 6.07) is 13.0.